The van der Waals surface area contributed by atoms with Gasteiger partial charge in [0.1, 0.15) is 6.10 Å². The molecule has 1 amide bonds. The maximum absolute atomic E-state index is 11.7. The van der Waals surface area contributed by atoms with Crippen LogP contribution in [-0.2, 0) is 9.59 Å². The number of hydrogen-bond donors (Lipinski definition) is 6. The topological polar surface area (TPSA) is 153 Å². The first-order valence-electron chi connectivity index (χ1n) is 8.28. The van der Waals surface area contributed by atoms with Gasteiger partial charge in [-0.15, -0.1) is 0 Å². The third-order valence-electron chi connectivity index (χ3n) is 4.03. The highest BCUT2D eigenvalue weighted by molar-refractivity contribution is 5.81. The molecule has 1 aliphatic rings. The minimum atomic E-state index is -5.08. The number of carboxylic acid groups (broad SMARTS) is 1. The number of nitrogens with one attached hydrogen (secondary N) is 1. The molecule has 0 spiro atoms. The van der Waals surface area contributed by atoms with Crippen LogP contribution in [-0.4, -0.2) is 69.9 Å². The molecule has 1 rings (SSSR count). The first-order chi connectivity index (χ1) is 12.0. The molecule has 11 heteroatoms. The van der Waals surface area contributed by atoms with E-state index in [4.69, 9.17) is 25.8 Å². The molecule has 0 heterocycles. The Kier molecular flexibility index (Phi) is 11.4. The lowest BCUT2D eigenvalue weighted by Crippen LogP contribution is -2.51. The highest BCUT2D eigenvalue weighted by Crippen LogP contribution is 2.27. The number of carbonyl (C=O) groups excluding carboxylic acids is 1. The van der Waals surface area contributed by atoms with Crippen LogP contribution in [0.15, 0.2) is 0 Å². The number of alkyl halides is 3. The molecule has 8 nitrogen and oxygen atoms in total. The lowest BCUT2D eigenvalue weighted by molar-refractivity contribution is -0.192. The van der Waals surface area contributed by atoms with Crippen molar-refractivity contribution >= 4 is 11.9 Å². The van der Waals surface area contributed by atoms with Crippen molar-refractivity contribution in [2.24, 2.45) is 11.7 Å². The molecule has 7 N–H and O–H groups in total. The number of aliphatic carboxylic acids is 1. The van der Waals surface area contributed by atoms with Crippen LogP contribution in [0.1, 0.15) is 38.5 Å². The zero-order valence-corrected chi connectivity index (χ0v) is 14.3. The van der Waals surface area contributed by atoms with Gasteiger partial charge >= 0.3 is 12.1 Å². The molecule has 0 aromatic carbocycles. The van der Waals surface area contributed by atoms with Gasteiger partial charge in [-0.2, -0.15) is 13.2 Å². The van der Waals surface area contributed by atoms with Crippen LogP contribution in [0.3, 0.4) is 0 Å². The standard InChI is InChI=1S/C13H26N2O4.C2HF3O2/c14-11(6-9-4-2-1-3-5-9)12(18)13(19)15-10(7-16)8-17;3-2(4,5)1(6)7/h9-12,16-18H,1-8,14H2,(H,15,19);(H,6,7)/t11-,12?;/m1./s1. The van der Waals surface area contributed by atoms with E-state index in [0.717, 1.165) is 12.8 Å². The Morgan fingerprint density at radius 1 is 1.12 bits per heavy atom. The molecule has 0 aliphatic heterocycles. The first-order valence-corrected chi connectivity index (χ1v) is 8.28. The van der Waals surface area contributed by atoms with Gasteiger partial charge in [-0.05, 0) is 12.3 Å². The summed E-state index contributed by atoms with van der Waals surface area (Å²) in [6.07, 6.45) is 0.118. The zero-order chi connectivity index (χ0) is 20.3. The number of hydrogen-bond acceptors (Lipinski definition) is 6. The van der Waals surface area contributed by atoms with Crippen LogP contribution in [0, 0.1) is 5.92 Å². The van der Waals surface area contributed by atoms with Crippen molar-refractivity contribution in [2.45, 2.75) is 62.9 Å². The van der Waals surface area contributed by atoms with Gasteiger partial charge in [0.15, 0.2) is 0 Å². The maximum Gasteiger partial charge on any atom is 0.490 e. The predicted molar refractivity (Wildman–Crippen MR) is 85.0 cm³/mol. The lowest BCUT2D eigenvalue weighted by Gasteiger charge is -2.27. The summed E-state index contributed by atoms with van der Waals surface area (Å²) in [4.78, 5) is 20.6. The van der Waals surface area contributed by atoms with Crippen molar-refractivity contribution in [1.29, 1.82) is 0 Å². The zero-order valence-electron chi connectivity index (χ0n) is 14.3. The van der Waals surface area contributed by atoms with Crippen LogP contribution < -0.4 is 11.1 Å². The SMILES string of the molecule is N[C@H](CC1CCCCC1)C(O)C(=O)NC(CO)CO.O=C(O)C(F)(F)F. The Morgan fingerprint density at radius 2 is 1.58 bits per heavy atom. The minimum absolute atomic E-state index is 0.368. The van der Waals surface area contributed by atoms with Crippen molar-refractivity contribution in [2.75, 3.05) is 13.2 Å². The summed E-state index contributed by atoms with van der Waals surface area (Å²) in [5.41, 5.74) is 5.87. The molecule has 0 saturated heterocycles. The molecular formula is C15H27F3N2O6. The molecule has 1 saturated carbocycles. The maximum atomic E-state index is 11.7. The second-order valence-corrected chi connectivity index (χ2v) is 6.22. The first kappa shape index (κ1) is 24.6. The van der Waals surface area contributed by atoms with Gasteiger partial charge in [-0.3, -0.25) is 4.79 Å². The van der Waals surface area contributed by atoms with Crippen molar-refractivity contribution in [3.8, 4) is 0 Å². The lowest BCUT2D eigenvalue weighted by atomic mass is 9.84. The normalized spacial score (nSPS) is 17.8. The van der Waals surface area contributed by atoms with E-state index in [1.807, 2.05) is 0 Å². The molecule has 154 valence electrons. The monoisotopic (exact) mass is 388 g/mol. The number of carboxylic acids is 1. The Hall–Kier alpha value is -1.43. The number of aliphatic hydroxyl groups is 3. The van der Waals surface area contributed by atoms with E-state index < -0.39 is 36.2 Å². The average molecular weight is 388 g/mol. The molecule has 0 aromatic heterocycles. The molecule has 1 fully saturated rings. The molecule has 0 aromatic rings. The van der Waals surface area contributed by atoms with Crippen LogP contribution in [0.5, 0.6) is 0 Å². The molecule has 1 aliphatic carbocycles. The number of amides is 1. The molecular weight excluding hydrogens is 361 g/mol. The number of aliphatic hydroxyl groups excluding tert-OH is 3. The Morgan fingerprint density at radius 3 is 1.96 bits per heavy atom. The number of carbonyl (C=O) groups is 2. The van der Waals surface area contributed by atoms with Gasteiger partial charge in [-0.1, -0.05) is 32.1 Å². The number of rotatable bonds is 7. The van der Waals surface area contributed by atoms with E-state index >= 15 is 0 Å². The molecule has 0 bridgehead atoms. The third-order valence-corrected chi connectivity index (χ3v) is 4.03. The summed E-state index contributed by atoms with van der Waals surface area (Å²) >= 11 is 0. The summed E-state index contributed by atoms with van der Waals surface area (Å²) in [5, 5.41) is 37.1. The van der Waals surface area contributed by atoms with Gasteiger partial charge < -0.3 is 31.5 Å². The fourth-order valence-corrected chi connectivity index (χ4v) is 2.57. The van der Waals surface area contributed by atoms with E-state index in [-0.39, 0.29) is 13.2 Å². The molecule has 26 heavy (non-hydrogen) atoms. The minimum Gasteiger partial charge on any atom is -0.475 e. The second-order valence-electron chi connectivity index (χ2n) is 6.22. The predicted octanol–water partition coefficient (Wildman–Crippen LogP) is -0.252. The van der Waals surface area contributed by atoms with E-state index in [2.05, 4.69) is 5.32 Å². The smallest absolute Gasteiger partial charge is 0.475 e. The molecule has 0 radical (unpaired) electrons. The van der Waals surface area contributed by atoms with Crippen molar-refractivity contribution in [3.05, 3.63) is 0 Å². The molecule has 1 unspecified atom stereocenters. The highest BCUT2D eigenvalue weighted by Gasteiger charge is 2.38. The fourth-order valence-electron chi connectivity index (χ4n) is 2.57. The number of nitrogens with two attached hydrogens (primary N) is 1. The van der Waals surface area contributed by atoms with E-state index in [0.29, 0.717) is 12.3 Å². The highest BCUT2D eigenvalue weighted by atomic mass is 19.4. The van der Waals surface area contributed by atoms with Crippen molar-refractivity contribution < 1.29 is 43.2 Å². The van der Waals surface area contributed by atoms with Gasteiger partial charge in [0, 0.05) is 6.04 Å². The molecule has 2 atom stereocenters. The van der Waals surface area contributed by atoms with E-state index in [9.17, 15) is 23.1 Å². The van der Waals surface area contributed by atoms with Gasteiger partial charge in [-0.25, -0.2) is 4.79 Å². The van der Waals surface area contributed by atoms with Crippen molar-refractivity contribution in [1.82, 2.24) is 5.32 Å². The Bertz CT molecular complexity index is 426. The number of halogens is 3. The van der Waals surface area contributed by atoms with Gasteiger partial charge in [0.05, 0.1) is 19.3 Å². The summed E-state index contributed by atoms with van der Waals surface area (Å²) in [6.45, 7) is -0.736. The largest absolute Gasteiger partial charge is 0.490 e. The van der Waals surface area contributed by atoms with Crippen LogP contribution in [0.4, 0.5) is 13.2 Å². The van der Waals surface area contributed by atoms with Crippen LogP contribution in [0.25, 0.3) is 0 Å². The van der Waals surface area contributed by atoms with E-state index in [1.54, 1.807) is 0 Å². The Labute approximate surface area is 149 Å². The summed E-state index contributed by atoms with van der Waals surface area (Å²) in [7, 11) is 0. The van der Waals surface area contributed by atoms with Gasteiger partial charge in [0.2, 0.25) is 0 Å². The summed E-state index contributed by atoms with van der Waals surface area (Å²) < 4.78 is 31.7. The van der Waals surface area contributed by atoms with Gasteiger partial charge in [0.25, 0.3) is 5.91 Å². The van der Waals surface area contributed by atoms with Crippen LogP contribution >= 0.6 is 0 Å². The van der Waals surface area contributed by atoms with Crippen molar-refractivity contribution in [3.63, 3.8) is 0 Å². The average Bonchev–Trinajstić information content (AvgIpc) is 2.59. The second kappa shape index (κ2) is 12.0. The summed E-state index contributed by atoms with van der Waals surface area (Å²) in [5.74, 6) is -2.90. The van der Waals surface area contributed by atoms with Crippen LogP contribution in [0.2, 0.25) is 0 Å². The summed E-state index contributed by atoms with van der Waals surface area (Å²) in [6, 6.07) is -1.34. The quantitative estimate of drug-likeness (QED) is 0.351. The van der Waals surface area contributed by atoms with E-state index in [1.165, 1.54) is 19.3 Å². The fraction of sp³-hybridized carbons (Fsp3) is 0.867. The third kappa shape index (κ3) is 9.90. The Balaban J connectivity index is 0.000000758.